The number of para-hydroxylation sites is 1. The Morgan fingerprint density at radius 1 is 1.46 bits per heavy atom. The molecular formula is C18H19ClN2O3. The second-order valence-corrected chi connectivity index (χ2v) is 5.98. The number of fused-ring (bicyclic) bond motifs is 1. The Kier molecular flexibility index (Phi) is 4.90. The van der Waals surface area contributed by atoms with Gasteiger partial charge in [0.25, 0.3) is 0 Å². The van der Waals surface area contributed by atoms with Gasteiger partial charge in [0, 0.05) is 11.8 Å². The van der Waals surface area contributed by atoms with E-state index in [2.05, 4.69) is 4.98 Å². The number of halogens is 1. The minimum atomic E-state index is -0.0323. The molecule has 3 rings (SSSR count). The van der Waals surface area contributed by atoms with Gasteiger partial charge in [-0.05, 0) is 31.5 Å². The third-order valence-corrected chi connectivity index (χ3v) is 4.09. The van der Waals surface area contributed by atoms with Gasteiger partial charge >= 0.3 is 0 Å². The van der Waals surface area contributed by atoms with Crippen molar-refractivity contribution in [3.63, 3.8) is 0 Å². The van der Waals surface area contributed by atoms with E-state index in [1.54, 1.807) is 17.2 Å². The molecular weight excluding hydrogens is 328 g/mol. The molecule has 6 heteroatoms. The molecule has 0 N–H and O–H groups in total. The van der Waals surface area contributed by atoms with Crippen LogP contribution in [0.3, 0.4) is 0 Å². The lowest BCUT2D eigenvalue weighted by atomic mass is 10.1. The number of carbonyl (C=O) groups excluding carboxylic acids is 1. The minimum absolute atomic E-state index is 0.0323. The van der Waals surface area contributed by atoms with Gasteiger partial charge in [-0.3, -0.25) is 4.79 Å². The zero-order valence-corrected chi connectivity index (χ0v) is 14.5. The maximum atomic E-state index is 12.9. The summed E-state index contributed by atoms with van der Waals surface area (Å²) in [6.45, 7) is 5.26. The van der Waals surface area contributed by atoms with E-state index in [9.17, 15) is 4.79 Å². The molecule has 1 aliphatic rings. The van der Waals surface area contributed by atoms with E-state index in [1.807, 2.05) is 32.0 Å². The zero-order chi connectivity index (χ0) is 17.1. The number of hydrogen-bond donors (Lipinski definition) is 0. The van der Waals surface area contributed by atoms with Crippen molar-refractivity contribution in [2.75, 3.05) is 24.7 Å². The summed E-state index contributed by atoms with van der Waals surface area (Å²) >= 11 is 6.20. The van der Waals surface area contributed by atoms with Gasteiger partial charge in [-0.15, -0.1) is 0 Å². The summed E-state index contributed by atoms with van der Waals surface area (Å²) in [7, 11) is 0. The molecule has 0 atom stereocenters. The molecule has 2 heterocycles. The average molecular weight is 347 g/mol. The number of rotatable bonds is 4. The van der Waals surface area contributed by atoms with Crippen molar-refractivity contribution in [3.8, 4) is 11.6 Å². The molecule has 0 radical (unpaired) electrons. The topological polar surface area (TPSA) is 51.7 Å². The molecule has 0 aliphatic carbocycles. The fourth-order valence-electron chi connectivity index (χ4n) is 2.72. The van der Waals surface area contributed by atoms with Gasteiger partial charge in [0.2, 0.25) is 11.8 Å². The molecule has 1 aromatic carbocycles. The van der Waals surface area contributed by atoms with Gasteiger partial charge in [-0.25, -0.2) is 4.98 Å². The van der Waals surface area contributed by atoms with Gasteiger partial charge in [-0.1, -0.05) is 23.7 Å². The predicted octanol–water partition coefficient (Wildman–Crippen LogP) is 3.41. The number of ether oxygens (including phenoxy) is 2. The highest BCUT2D eigenvalue weighted by molar-refractivity contribution is 6.32. The molecule has 0 spiro atoms. The Morgan fingerprint density at radius 2 is 2.29 bits per heavy atom. The van der Waals surface area contributed by atoms with Crippen LogP contribution in [-0.2, 0) is 11.2 Å². The third-order valence-electron chi connectivity index (χ3n) is 3.79. The Bertz CT molecular complexity index is 764. The second kappa shape index (κ2) is 7.09. The summed E-state index contributed by atoms with van der Waals surface area (Å²) in [6, 6.07) is 7.37. The smallest absolute Gasteiger partial charge is 0.238 e. The quantitative estimate of drug-likeness (QED) is 0.851. The fraction of sp³-hybridized carbons (Fsp3) is 0.333. The first-order chi connectivity index (χ1) is 11.6. The van der Waals surface area contributed by atoms with Crippen LogP contribution in [0.25, 0.3) is 0 Å². The van der Waals surface area contributed by atoms with Crippen molar-refractivity contribution in [1.82, 2.24) is 4.98 Å². The number of carbonyl (C=O) groups is 1. The van der Waals surface area contributed by atoms with Crippen molar-refractivity contribution in [1.29, 1.82) is 0 Å². The highest BCUT2D eigenvalue weighted by Crippen LogP contribution is 2.33. The number of nitrogens with zero attached hydrogens (tertiary/aromatic N) is 2. The van der Waals surface area contributed by atoms with Crippen molar-refractivity contribution in [2.24, 2.45) is 0 Å². The number of aryl methyl sites for hydroxylation is 1. The number of anilines is 1. The largest absolute Gasteiger partial charge is 0.492 e. The lowest BCUT2D eigenvalue weighted by Crippen LogP contribution is -2.39. The molecule has 1 aliphatic heterocycles. The molecule has 0 saturated heterocycles. The zero-order valence-electron chi connectivity index (χ0n) is 13.7. The molecule has 0 fully saturated rings. The van der Waals surface area contributed by atoms with Gasteiger partial charge in [0.05, 0.1) is 24.6 Å². The molecule has 0 unspecified atom stereocenters. The lowest BCUT2D eigenvalue weighted by Gasteiger charge is -2.29. The van der Waals surface area contributed by atoms with Crippen LogP contribution in [0.4, 0.5) is 5.69 Å². The first-order valence-electron chi connectivity index (χ1n) is 7.90. The summed E-state index contributed by atoms with van der Waals surface area (Å²) in [5.41, 5.74) is 2.48. The van der Waals surface area contributed by atoms with Crippen molar-refractivity contribution in [3.05, 3.63) is 46.6 Å². The van der Waals surface area contributed by atoms with Gasteiger partial charge in [0.1, 0.15) is 18.0 Å². The van der Waals surface area contributed by atoms with E-state index in [0.29, 0.717) is 42.1 Å². The van der Waals surface area contributed by atoms with E-state index in [1.165, 1.54) is 0 Å². The number of amides is 1. The standard InChI is InChI=1S/C18H19ClN2O3/c1-3-23-17-13(5-4-6-14(17)19)10-16(22)21-7-8-24-18-15(21)9-12(2)11-20-18/h4-6,9,11H,3,7-8,10H2,1-2H3. The van der Waals surface area contributed by atoms with E-state index < -0.39 is 0 Å². The Morgan fingerprint density at radius 3 is 3.08 bits per heavy atom. The lowest BCUT2D eigenvalue weighted by molar-refractivity contribution is -0.118. The average Bonchev–Trinajstić information content (AvgIpc) is 2.57. The molecule has 126 valence electrons. The number of hydrogen-bond acceptors (Lipinski definition) is 4. The van der Waals surface area contributed by atoms with Crippen LogP contribution < -0.4 is 14.4 Å². The summed E-state index contributed by atoms with van der Waals surface area (Å²) in [5.74, 6) is 1.04. The first-order valence-corrected chi connectivity index (χ1v) is 8.28. The highest BCUT2D eigenvalue weighted by Gasteiger charge is 2.26. The monoisotopic (exact) mass is 346 g/mol. The first kappa shape index (κ1) is 16.6. The Balaban J connectivity index is 1.87. The van der Waals surface area contributed by atoms with Crippen molar-refractivity contribution >= 4 is 23.2 Å². The van der Waals surface area contributed by atoms with Crippen LogP contribution in [0.2, 0.25) is 5.02 Å². The van der Waals surface area contributed by atoms with E-state index in [-0.39, 0.29) is 12.3 Å². The molecule has 1 amide bonds. The molecule has 0 bridgehead atoms. The van der Waals surface area contributed by atoms with Crippen molar-refractivity contribution in [2.45, 2.75) is 20.3 Å². The summed E-state index contributed by atoms with van der Waals surface area (Å²) in [4.78, 5) is 18.8. The van der Waals surface area contributed by atoms with Crippen LogP contribution >= 0.6 is 11.6 Å². The number of pyridine rings is 1. The molecule has 24 heavy (non-hydrogen) atoms. The van der Waals surface area contributed by atoms with E-state index in [4.69, 9.17) is 21.1 Å². The van der Waals surface area contributed by atoms with Gasteiger partial charge < -0.3 is 14.4 Å². The maximum absolute atomic E-state index is 12.9. The summed E-state index contributed by atoms with van der Waals surface area (Å²) < 4.78 is 11.1. The van der Waals surface area contributed by atoms with Crippen LogP contribution in [0.15, 0.2) is 30.5 Å². The summed E-state index contributed by atoms with van der Waals surface area (Å²) in [6.07, 6.45) is 1.94. The van der Waals surface area contributed by atoms with E-state index >= 15 is 0 Å². The van der Waals surface area contributed by atoms with Crippen LogP contribution in [0, 0.1) is 6.92 Å². The maximum Gasteiger partial charge on any atom is 0.238 e. The van der Waals surface area contributed by atoms with Crippen LogP contribution in [-0.4, -0.2) is 30.6 Å². The normalized spacial score (nSPS) is 13.2. The van der Waals surface area contributed by atoms with Crippen LogP contribution in [0.5, 0.6) is 11.6 Å². The molecule has 5 nitrogen and oxygen atoms in total. The Labute approximate surface area is 146 Å². The third kappa shape index (κ3) is 3.31. The van der Waals surface area contributed by atoms with Gasteiger partial charge in [-0.2, -0.15) is 0 Å². The fourth-order valence-corrected chi connectivity index (χ4v) is 2.96. The minimum Gasteiger partial charge on any atom is -0.492 e. The Hall–Kier alpha value is -2.27. The number of benzene rings is 1. The highest BCUT2D eigenvalue weighted by atomic mass is 35.5. The van der Waals surface area contributed by atoms with Crippen molar-refractivity contribution < 1.29 is 14.3 Å². The van der Waals surface area contributed by atoms with E-state index in [0.717, 1.165) is 11.1 Å². The second-order valence-electron chi connectivity index (χ2n) is 5.57. The van der Waals surface area contributed by atoms with Crippen LogP contribution in [0.1, 0.15) is 18.1 Å². The predicted molar refractivity (Wildman–Crippen MR) is 93.1 cm³/mol. The molecule has 0 saturated carbocycles. The summed E-state index contributed by atoms with van der Waals surface area (Å²) in [5, 5.41) is 0.516. The molecule has 1 aromatic heterocycles. The van der Waals surface area contributed by atoms with Gasteiger partial charge in [0.15, 0.2) is 0 Å². The molecule has 2 aromatic rings. The SMILES string of the molecule is CCOc1c(Cl)cccc1CC(=O)N1CCOc2ncc(C)cc21. The number of aromatic nitrogens is 1.